The van der Waals surface area contributed by atoms with Crippen LogP contribution in [0.2, 0.25) is 0 Å². The molecule has 2 aromatic carbocycles. The van der Waals surface area contributed by atoms with E-state index in [-0.39, 0.29) is 12.6 Å². The molecule has 0 spiro atoms. The van der Waals surface area contributed by atoms with E-state index < -0.39 is 23.3 Å². The van der Waals surface area contributed by atoms with Crippen molar-refractivity contribution >= 4 is 11.8 Å². The van der Waals surface area contributed by atoms with Gasteiger partial charge in [-0.05, 0) is 44.9 Å². The van der Waals surface area contributed by atoms with Gasteiger partial charge in [-0.3, -0.25) is 0 Å². The van der Waals surface area contributed by atoms with Gasteiger partial charge < -0.3 is 15.0 Å². The number of ether oxygens (including phenoxy) is 1. The van der Waals surface area contributed by atoms with Gasteiger partial charge in [0.15, 0.2) is 0 Å². The number of halogens is 2. The maximum Gasteiger partial charge on any atom is 0.407 e. The maximum absolute atomic E-state index is 14.1. The quantitative estimate of drug-likeness (QED) is 0.740. The fourth-order valence-corrected chi connectivity index (χ4v) is 3.26. The molecule has 0 fully saturated rings. The van der Waals surface area contributed by atoms with Crippen molar-refractivity contribution in [3.05, 3.63) is 65.2 Å². The first kappa shape index (κ1) is 22.7. The van der Waals surface area contributed by atoms with Crippen molar-refractivity contribution < 1.29 is 18.3 Å². The predicted octanol–water partition coefficient (Wildman–Crippen LogP) is 5.45. The van der Waals surface area contributed by atoms with E-state index in [4.69, 9.17) is 4.74 Å². The molecule has 1 heterocycles. The highest BCUT2D eigenvalue weighted by Gasteiger charge is 2.27. The third-order valence-corrected chi connectivity index (χ3v) is 4.34. The Balaban J connectivity index is 0.00000145. The maximum atomic E-state index is 14.1. The molecule has 0 radical (unpaired) electrons. The number of rotatable bonds is 3. The largest absolute Gasteiger partial charge is 0.444 e. The summed E-state index contributed by atoms with van der Waals surface area (Å²) in [5, 5.41) is 2.90. The monoisotopic (exact) mass is 404 g/mol. The van der Waals surface area contributed by atoms with Gasteiger partial charge in [-0.25, -0.2) is 13.6 Å². The van der Waals surface area contributed by atoms with Crippen LogP contribution < -0.4 is 10.2 Å². The summed E-state index contributed by atoms with van der Waals surface area (Å²) in [5.74, 6) is -1.17. The summed E-state index contributed by atoms with van der Waals surface area (Å²) >= 11 is 0. The molecule has 0 bridgehead atoms. The number of nitrogens with zero attached hydrogens (tertiary/aromatic N) is 1. The average Bonchev–Trinajstić information content (AvgIpc) is 2.64. The summed E-state index contributed by atoms with van der Waals surface area (Å²) in [4.78, 5) is 14.1. The molecule has 29 heavy (non-hydrogen) atoms. The number of fused-ring (bicyclic) bond motifs is 1. The summed E-state index contributed by atoms with van der Waals surface area (Å²) in [5.41, 5.74) is 1.88. The minimum atomic E-state index is -0.597. The van der Waals surface area contributed by atoms with E-state index in [0.717, 1.165) is 17.3 Å². The van der Waals surface area contributed by atoms with E-state index in [0.29, 0.717) is 18.5 Å². The van der Waals surface area contributed by atoms with Crippen LogP contribution in [0.25, 0.3) is 0 Å². The van der Waals surface area contributed by atoms with Gasteiger partial charge in [0.25, 0.3) is 0 Å². The fraction of sp³-hybridized carbons (Fsp3) is 0.435. The number of hydrogen-bond donors (Lipinski definition) is 1. The Labute approximate surface area is 171 Å². The predicted molar refractivity (Wildman–Crippen MR) is 112 cm³/mol. The zero-order valence-corrected chi connectivity index (χ0v) is 17.8. The first-order valence-corrected chi connectivity index (χ1v) is 9.97. The Morgan fingerprint density at radius 2 is 1.86 bits per heavy atom. The molecular weight excluding hydrogens is 374 g/mol. The number of alkyl carbamates (subject to hydrolysis) is 1. The lowest BCUT2D eigenvalue weighted by Crippen LogP contribution is -2.49. The minimum absolute atomic E-state index is 0.168. The second kappa shape index (κ2) is 9.72. The van der Waals surface area contributed by atoms with Gasteiger partial charge in [-0.15, -0.1) is 0 Å². The number of amides is 1. The molecule has 158 valence electrons. The lowest BCUT2D eigenvalue weighted by molar-refractivity contribution is 0.0504. The molecule has 1 amide bonds. The van der Waals surface area contributed by atoms with Crippen molar-refractivity contribution in [2.45, 2.75) is 59.2 Å². The van der Waals surface area contributed by atoms with Crippen LogP contribution in [0.15, 0.2) is 42.5 Å². The van der Waals surface area contributed by atoms with Gasteiger partial charge >= 0.3 is 6.09 Å². The van der Waals surface area contributed by atoms with E-state index in [1.54, 1.807) is 0 Å². The SMILES string of the molecule is CC.CC(C)(C)OC(=O)NC1Cc2ccccc2N(Cc2ccc(F)cc2F)C1. The van der Waals surface area contributed by atoms with Crippen LogP contribution in [-0.4, -0.2) is 24.3 Å². The Hall–Kier alpha value is -2.63. The van der Waals surface area contributed by atoms with E-state index in [1.165, 1.54) is 12.1 Å². The first-order valence-electron chi connectivity index (χ1n) is 9.97. The second-order valence-corrected chi connectivity index (χ2v) is 7.79. The van der Waals surface area contributed by atoms with Crippen LogP contribution in [0.3, 0.4) is 0 Å². The number of anilines is 1. The smallest absolute Gasteiger partial charge is 0.407 e. The molecule has 6 heteroatoms. The number of benzene rings is 2. The zero-order valence-electron chi connectivity index (χ0n) is 17.8. The van der Waals surface area contributed by atoms with Gasteiger partial charge in [0.05, 0.1) is 6.04 Å². The van der Waals surface area contributed by atoms with Gasteiger partial charge in [0, 0.05) is 30.4 Å². The highest BCUT2D eigenvalue weighted by Crippen LogP contribution is 2.29. The molecule has 0 aliphatic carbocycles. The van der Waals surface area contributed by atoms with E-state index in [2.05, 4.69) is 5.32 Å². The molecule has 4 nitrogen and oxygen atoms in total. The molecule has 1 unspecified atom stereocenters. The lowest BCUT2D eigenvalue weighted by Gasteiger charge is -2.36. The van der Waals surface area contributed by atoms with Crippen molar-refractivity contribution in [2.75, 3.05) is 11.4 Å². The number of carbonyl (C=O) groups is 1. The third kappa shape index (κ3) is 6.44. The van der Waals surface area contributed by atoms with Crippen LogP contribution in [0.1, 0.15) is 45.7 Å². The molecule has 0 saturated carbocycles. The van der Waals surface area contributed by atoms with Gasteiger partial charge in [0.1, 0.15) is 17.2 Å². The Kier molecular flexibility index (Phi) is 7.59. The standard InChI is InChI=1S/C21H24F2N2O2.C2H6/c1-21(2,3)27-20(26)24-17-10-14-6-4-5-7-19(14)25(13-17)12-15-8-9-16(22)11-18(15)23;1-2/h4-9,11,17H,10,12-13H2,1-3H3,(H,24,26);1-2H3. The zero-order chi connectivity index (χ0) is 21.6. The summed E-state index contributed by atoms with van der Waals surface area (Å²) < 4.78 is 32.7. The number of para-hydroxylation sites is 1. The molecular formula is C23H30F2N2O2. The molecule has 1 aliphatic rings. The number of hydrogen-bond acceptors (Lipinski definition) is 3. The average molecular weight is 405 g/mol. The van der Waals surface area contributed by atoms with E-state index in [9.17, 15) is 13.6 Å². The van der Waals surface area contributed by atoms with Crippen molar-refractivity contribution in [1.82, 2.24) is 5.32 Å². The molecule has 1 N–H and O–H groups in total. The molecule has 3 rings (SSSR count). The van der Waals surface area contributed by atoms with Crippen molar-refractivity contribution in [3.63, 3.8) is 0 Å². The third-order valence-electron chi connectivity index (χ3n) is 4.34. The van der Waals surface area contributed by atoms with E-state index >= 15 is 0 Å². The highest BCUT2D eigenvalue weighted by atomic mass is 19.1. The lowest BCUT2D eigenvalue weighted by atomic mass is 9.97. The van der Waals surface area contributed by atoms with Gasteiger partial charge in [0.2, 0.25) is 0 Å². The molecule has 1 aliphatic heterocycles. The van der Waals surface area contributed by atoms with Crippen molar-refractivity contribution in [2.24, 2.45) is 0 Å². The Bertz CT molecular complexity index is 834. The molecule has 0 saturated heterocycles. The normalized spacial score (nSPS) is 15.7. The van der Waals surface area contributed by atoms with Crippen LogP contribution in [0, 0.1) is 11.6 Å². The van der Waals surface area contributed by atoms with E-state index in [1.807, 2.05) is 63.8 Å². The summed E-state index contributed by atoms with van der Waals surface area (Å²) in [6, 6.07) is 11.3. The fourth-order valence-electron chi connectivity index (χ4n) is 3.26. The summed E-state index contributed by atoms with van der Waals surface area (Å²) in [6.07, 6.45) is 0.192. The van der Waals surface area contributed by atoms with Gasteiger partial charge in [-0.1, -0.05) is 38.1 Å². The van der Waals surface area contributed by atoms with Crippen LogP contribution >= 0.6 is 0 Å². The van der Waals surface area contributed by atoms with Crippen LogP contribution in [0.5, 0.6) is 0 Å². The summed E-state index contributed by atoms with van der Waals surface area (Å²) in [7, 11) is 0. The number of nitrogens with one attached hydrogen (secondary N) is 1. The molecule has 1 atom stereocenters. The van der Waals surface area contributed by atoms with Crippen LogP contribution in [0.4, 0.5) is 19.3 Å². The number of carbonyl (C=O) groups excluding carboxylic acids is 1. The van der Waals surface area contributed by atoms with Crippen molar-refractivity contribution in [1.29, 1.82) is 0 Å². The first-order chi connectivity index (χ1) is 13.7. The second-order valence-electron chi connectivity index (χ2n) is 7.79. The topological polar surface area (TPSA) is 41.6 Å². The highest BCUT2D eigenvalue weighted by molar-refractivity contribution is 5.69. The van der Waals surface area contributed by atoms with Gasteiger partial charge in [-0.2, -0.15) is 0 Å². The Morgan fingerprint density at radius 1 is 1.17 bits per heavy atom. The van der Waals surface area contributed by atoms with Crippen LogP contribution in [-0.2, 0) is 17.7 Å². The van der Waals surface area contributed by atoms with Crippen molar-refractivity contribution in [3.8, 4) is 0 Å². The summed E-state index contributed by atoms with van der Waals surface area (Å²) in [6.45, 7) is 10.2. The molecule has 2 aromatic rings. The Morgan fingerprint density at radius 3 is 2.52 bits per heavy atom. The minimum Gasteiger partial charge on any atom is -0.444 e. The molecule has 0 aromatic heterocycles.